The van der Waals surface area contributed by atoms with Crippen LogP contribution in [-0.4, -0.2) is 28.9 Å². The van der Waals surface area contributed by atoms with Gasteiger partial charge in [0.1, 0.15) is 11.6 Å². The molecule has 100 valence electrons. The van der Waals surface area contributed by atoms with Crippen LogP contribution in [0.15, 0.2) is 0 Å². The molecule has 0 fully saturated rings. The van der Waals surface area contributed by atoms with Gasteiger partial charge in [-0.2, -0.15) is 11.8 Å². The number of hydrogen-bond donors (Lipinski definition) is 1. The second-order valence-electron chi connectivity index (χ2n) is 4.28. The van der Waals surface area contributed by atoms with E-state index in [0.29, 0.717) is 6.61 Å². The van der Waals surface area contributed by atoms with E-state index in [-0.39, 0.29) is 0 Å². The zero-order chi connectivity index (χ0) is 12.8. The molecule has 2 heterocycles. The van der Waals surface area contributed by atoms with Gasteiger partial charge >= 0.3 is 0 Å². The van der Waals surface area contributed by atoms with E-state index in [4.69, 9.17) is 4.74 Å². The average Bonchev–Trinajstić information content (AvgIpc) is 2.42. The summed E-state index contributed by atoms with van der Waals surface area (Å²) in [7, 11) is 0. The molecule has 1 aliphatic heterocycles. The summed E-state index contributed by atoms with van der Waals surface area (Å²) < 4.78 is 5.51. The predicted octanol–water partition coefficient (Wildman–Crippen LogP) is 2.62. The van der Waals surface area contributed by atoms with E-state index in [1.54, 1.807) is 0 Å². The number of nitrogens with zero attached hydrogens (tertiary/aromatic N) is 2. The van der Waals surface area contributed by atoms with Crippen molar-refractivity contribution in [2.24, 2.45) is 0 Å². The van der Waals surface area contributed by atoms with Gasteiger partial charge in [-0.15, -0.1) is 0 Å². The number of hydrogen-bond acceptors (Lipinski definition) is 5. The number of fused-ring (bicyclic) bond motifs is 1. The Balaban J connectivity index is 2.22. The van der Waals surface area contributed by atoms with Gasteiger partial charge in [-0.25, -0.2) is 9.97 Å². The minimum absolute atomic E-state index is 0.641. The molecule has 4 nitrogen and oxygen atoms in total. The van der Waals surface area contributed by atoms with Crippen LogP contribution in [0, 0.1) is 0 Å². The normalized spacial score (nSPS) is 14.3. The molecule has 1 aromatic rings. The van der Waals surface area contributed by atoms with Crippen molar-refractivity contribution in [2.75, 3.05) is 24.2 Å². The van der Waals surface area contributed by atoms with Crippen LogP contribution in [0.25, 0.3) is 0 Å². The number of ether oxygens (including phenoxy) is 1. The Morgan fingerprint density at radius 3 is 3.00 bits per heavy atom. The van der Waals surface area contributed by atoms with Crippen LogP contribution in [0.2, 0.25) is 0 Å². The topological polar surface area (TPSA) is 47.0 Å². The lowest BCUT2D eigenvalue weighted by atomic mass is 10.1. The lowest BCUT2D eigenvalue weighted by molar-refractivity contribution is 0.109. The largest absolute Gasteiger partial charge is 0.376 e. The second-order valence-corrected chi connectivity index (χ2v) is 5.55. The summed E-state index contributed by atoms with van der Waals surface area (Å²) in [6, 6.07) is 0. The van der Waals surface area contributed by atoms with E-state index in [1.165, 1.54) is 5.69 Å². The van der Waals surface area contributed by atoms with Crippen molar-refractivity contribution in [3.8, 4) is 0 Å². The van der Waals surface area contributed by atoms with Gasteiger partial charge in [0.2, 0.25) is 0 Å². The first-order valence-corrected chi connectivity index (χ1v) is 7.78. The molecule has 1 aliphatic rings. The number of rotatable bonds is 6. The number of nitrogens with one attached hydrogen (secondary N) is 1. The molecular formula is C13H21N3OS. The Labute approximate surface area is 113 Å². The molecule has 0 unspecified atom stereocenters. The van der Waals surface area contributed by atoms with Gasteiger partial charge in [0.05, 0.1) is 24.7 Å². The lowest BCUT2D eigenvalue weighted by Crippen LogP contribution is -2.18. The maximum absolute atomic E-state index is 5.51. The van der Waals surface area contributed by atoms with Crippen LogP contribution in [0.3, 0.4) is 0 Å². The van der Waals surface area contributed by atoms with Crippen LogP contribution in [0.5, 0.6) is 0 Å². The molecule has 0 radical (unpaired) electrons. The predicted molar refractivity (Wildman–Crippen MR) is 76.0 cm³/mol. The lowest BCUT2D eigenvalue weighted by Gasteiger charge is -2.20. The van der Waals surface area contributed by atoms with E-state index < -0.39 is 0 Å². The summed E-state index contributed by atoms with van der Waals surface area (Å²) in [6.07, 6.45) is 2.00. The highest BCUT2D eigenvalue weighted by molar-refractivity contribution is 7.98. The third kappa shape index (κ3) is 3.36. The second kappa shape index (κ2) is 6.95. The van der Waals surface area contributed by atoms with Gasteiger partial charge in [-0.1, -0.05) is 13.8 Å². The fourth-order valence-corrected chi connectivity index (χ4v) is 2.45. The van der Waals surface area contributed by atoms with E-state index in [9.17, 15) is 0 Å². The van der Waals surface area contributed by atoms with Crippen molar-refractivity contribution in [3.05, 3.63) is 17.1 Å². The van der Waals surface area contributed by atoms with E-state index in [2.05, 4.69) is 29.1 Å². The van der Waals surface area contributed by atoms with Crippen LogP contribution in [0.1, 0.15) is 37.4 Å². The summed E-state index contributed by atoms with van der Waals surface area (Å²) >= 11 is 1.86. The molecule has 0 saturated heterocycles. The van der Waals surface area contributed by atoms with Gasteiger partial charge in [0.15, 0.2) is 0 Å². The summed E-state index contributed by atoms with van der Waals surface area (Å²) in [4.78, 5) is 9.31. The standard InChI is InChI=1S/C13H21N3OS/c1-3-6-14-13-10-8-17-7-5-11(10)15-12(16-13)9-18-4-2/h3-9H2,1-2H3,(H,14,15,16). The molecule has 1 aromatic heterocycles. The van der Waals surface area contributed by atoms with Crippen molar-refractivity contribution in [2.45, 2.75) is 39.0 Å². The van der Waals surface area contributed by atoms with Crippen LogP contribution < -0.4 is 5.32 Å². The first kappa shape index (κ1) is 13.6. The van der Waals surface area contributed by atoms with Gasteiger partial charge in [-0.05, 0) is 12.2 Å². The summed E-state index contributed by atoms with van der Waals surface area (Å²) in [6.45, 7) is 6.68. The highest BCUT2D eigenvalue weighted by Crippen LogP contribution is 2.23. The molecule has 18 heavy (non-hydrogen) atoms. The van der Waals surface area contributed by atoms with Crippen molar-refractivity contribution in [3.63, 3.8) is 0 Å². The number of aromatic nitrogens is 2. The summed E-state index contributed by atoms with van der Waals surface area (Å²) in [5.41, 5.74) is 2.32. The zero-order valence-corrected chi connectivity index (χ0v) is 12.0. The average molecular weight is 267 g/mol. The molecule has 1 N–H and O–H groups in total. The summed E-state index contributed by atoms with van der Waals surface area (Å²) in [5.74, 6) is 3.92. The Hall–Kier alpha value is -0.810. The van der Waals surface area contributed by atoms with E-state index in [1.807, 2.05) is 11.8 Å². The number of anilines is 1. The maximum Gasteiger partial charge on any atom is 0.140 e. The Kier molecular flexibility index (Phi) is 5.26. The van der Waals surface area contributed by atoms with Crippen molar-refractivity contribution < 1.29 is 4.74 Å². The fourth-order valence-electron chi connectivity index (χ4n) is 1.93. The van der Waals surface area contributed by atoms with E-state index in [0.717, 1.165) is 54.7 Å². The van der Waals surface area contributed by atoms with Crippen molar-refractivity contribution >= 4 is 17.6 Å². The first-order chi connectivity index (χ1) is 8.85. The van der Waals surface area contributed by atoms with Gasteiger partial charge < -0.3 is 10.1 Å². The Bertz CT molecular complexity index is 398. The third-order valence-corrected chi connectivity index (χ3v) is 3.72. The number of thioether (sulfide) groups is 1. The van der Waals surface area contributed by atoms with Crippen molar-refractivity contribution in [1.29, 1.82) is 0 Å². The smallest absolute Gasteiger partial charge is 0.140 e. The minimum Gasteiger partial charge on any atom is -0.376 e. The molecule has 0 atom stereocenters. The summed E-state index contributed by atoms with van der Waals surface area (Å²) in [5, 5.41) is 3.40. The molecule has 0 aromatic carbocycles. The van der Waals surface area contributed by atoms with Gasteiger partial charge in [0, 0.05) is 18.5 Å². The Morgan fingerprint density at radius 2 is 2.22 bits per heavy atom. The first-order valence-electron chi connectivity index (χ1n) is 6.63. The zero-order valence-electron chi connectivity index (χ0n) is 11.2. The molecule has 5 heteroatoms. The van der Waals surface area contributed by atoms with Crippen molar-refractivity contribution in [1.82, 2.24) is 9.97 Å². The molecule has 0 saturated carbocycles. The molecule has 0 bridgehead atoms. The molecular weight excluding hydrogens is 246 g/mol. The molecule has 0 spiro atoms. The van der Waals surface area contributed by atoms with Crippen LogP contribution >= 0.6 is 11.8 Å². The van der Waals surface area contributed by atoms with Gasteiger partial charge in [0.25, 0.3) is 0 Å². The van der Waals surface area contributed by atoms with Crippen LogP contribution in [-0.2, 0) is 23.5 Å². The molecule has 2 rings (SSSR count). The highest BCUT2D eigenvalue weighted by atomic mass is 32.2. The van der Waals surface area contributed by atoms with Gasteiger partial charge in [-0.3, -0.25) is 0 Å². The fraction of sp³-hybridized carbons (Fsp3) is 0.692. The Morgan fingerprint density at radius 1 is 1.33 bits per heavy atom. The maximum atomic E-state index is 5.51. The van der Waals surface area contributed by atoms with E-state index >= 15 is 0 Å². The minimum atomic E-state index is 0.641. The quantitative estimate of drug-likeness (QED) is 0.858. The molecule has 0 amide bonds. The SMILES string of the molecule is CCCNc1nc(CSCC)nc2c1COCC2. The monoisotopic (exact) mass is 267 g/mol. The molecule has 0 aliphatic carbocycles. The van der Waals surface area contributed by atoms with Crippen LogP contribution in [0.4, 0.5) is 5.82 Å². The third-order valence-electron chi connectivity index (χ3n) is 2.85. The highest BCUT2D eigenvalue weighted by Gasteiger charge is 2.17.